The second-order valence-electron chi connectivity index (χ2n) is 4.16. The van der Waals surface area contributed by atoms with Crippen molar-refractivity contribution in [2.24, 2.45) is 0 Å². The Kier molecular flexibility index (Phi) is 5.53. The van der Waals surface area contributed by atoms with Gasteiger partial charge in [-0.15, -0.1) is 0 Å². The summed E-state index contributed by atoms with van der Waals surface area (Å²) in [6, 6.07) is 0. The number of likely N-dealkylation sites (N-methyl/N-ethyl adjacent to an activating group) is 1. The Balaban J connectivity index is 2.99. The van der Waals surface area contributed by atoms with E-state index in [4.69, 9.17) is 5.10 Å². The molecule has 1 heterocycles. The van der Waals surface area contributed by atoms with Crippen molar-refractivity contribution in [3.63, 3.8) is 0 Å². The molecule has 1 N–H and O–H groups in total. The van der Waals surface area contributed by atoms with E-state index in [1.807, 2.05) is 7.05 Å². The summed E-state index contributed by atoms with van der Waals surface area (Å²) >= 11 is 0. The molecule has 0 saturated carbocycles. The molecule has 0 atom stereocenters. The van der Waals surface area contributed by atoms with Crippen molar-refractivity contribution in [3.8, 4) is 0 Å². The molecule has 1 aromatic rings. The zero-order valence-corrected chi connectivity index (χ0v) is 11.1. The minimum atomic E-state index is 1.04. The van der Waals surface area contributed by atoms with Crippen molar-refractivity contribution in [1.29, 1.82) is 0 Å². The van der Waals surface area contributed by atoms with Crippen LogP contribution in [0.25, 0.3) is 0 Å². The second kappa shape index (κ2) is 6.69. The van der Waals surface area contributed by atoms with Crippen molar-refractivity contribution >= 4 is 0 Å². The second-order valence-corrected chi connectivity index (χ2v) is 4.16. The van der Waals surface area contributed by atoms with Crippen LogP contribution in [-0.2, 0) is 25.8 Å². The smallest absolute Gasteiger partial charge is 0.0657 e. The number of nitrogens with one attached hydrogen (secondary N) is 1. The summed E-state index contributed by atoms with van der Waals surface area (Å²) in [5.41, 5.74) is 4.21. The number of hydrogen-bond donors (Lipinski definition) is 1. The summed E-state index contributed by atoms with van der Waals surface area (Å²) in [6.07, 6.45) is 4.39. The van der Waals surface area contributed by atoms with Crippen LogP contribution in [0, 0.1) is 0 Å². The fraction of sp³-hybridized carbons (Fsp3) is 0.769. The molecule has 0 unspecified atom stereocenters. The van der Waals surface area contributed by atoms with Gasteiger partial charge >= 0.3 is 0 Å². The van der Waals surface area contributed by atoms with E-state index in [2.05, 4.69) is 30.8 Å². The Morgan fingerprint density at radius 3 is 2.44 bits per heavy atom. The summed E-state index contributed by atoms with van der Waals surface area (Å²) < 4.78 is 2.21. The highest BCUT2D eigenvalue weighted by Gasteiger charge is 2.14. The molecule has 16 heavy (non-hydrogen) atoms. The zero-order chi connectivity index (χ0) is 12.0. The summed E-state index contributed by atoms with van der Waals surface area (Å²) in [6.45, 7) is 8.72. The molecule has 0 spiro atoms. The number of aromatic nitrogens is 2. The van der Waals surface area contributed by atoms with Gasteiger partial charge in [-0.1, -0.05) is 20.8 Å². The minimum Gasteiger partial charge on any atom is -0.319 e. The zero-order valence-electron chi connectivity index (χ0n) is 11.1. The molecule has 0 aliphatic carbocycles. The van der Waals surface area contributed by atoms with Gasteiger partial charge in [0.2, 0.25) is 0 Å². The van der Waals surface area contributed by atoms with Crippen LogP contribution in [-0.4, -0.2) is 23.4 Å². The SMILES string of the molecule is CCCn1nc(CC)c(CCNC)c1CC. The van der Waals surface area contributed by atoms with Gasteiger partial charge in [0.1, 0.15) is 0 Å². The number of rotatable bonds is 7. The van der Waals surface area contributed by atoms with Gasteiger partial charge in [0.15, 0.2) is 0 Å². The van der Waals surface area contributed by atoms with Crippen LogP contribution >= 0.6 is 0 Å². The van der Waals surface area contributed by atoms with E-state index in [0.717, 1.165) is 38.8 Å². The maximum atomic E-state index is 4.73. The van der Waals surface area contributed by atoms with E-state index >= 15 is 0 Å². The lowest BCUT2D eigenvalue weighted by atomic mass is 10.1. The lowest BCUT2D eigenvalue weighted by Crippen LogP contribution is -2.12. The molecule has 0 aliphatic rings. The van der Waals surface area contributed by atoms with Gasteiger partial charge in [0.25, 0.3) is 0 Å². The summed E-state index contributed by atoms with van der Waals surface area (Å²) in [5, 5.41) is 7.95. The highest BCUT2D eigenvalue weighted by Crippen LogP contribution is 2.17. The van der Waals surface area contributed by atoms with Gasteiger partial charge in [-0.2, -0.15) is 5.10 Å². The average Bonchev–Trinajstić information content (AvgIpc) is 2.64. The first-order chi connectivity index (χ1) is 7.78. The summed E-state index contributed by atoms with van der Waals surface area (Å²) in [5.74, 6) is 0. The van der Waals surface area contributed by atoms with Crippen molar-refractivity contribution < 1.29 is 0 Å². The molecule has 0 bridgehead atoms. The number of aryl methyl sites for hydroxylation is 2. The first kappa shape index (κ1) is 13.2. The molecular weight excluding hydrogens is 198 g/mol. The Hall–Kier alpha value is -0.830. The van der Waals surface area contributed by atoms with Crippen LogP contribution in [0.5, 0.6) is 0 Å². The summed E-state index contributed by atoms with van der Waals surface area (Å²) in [4.78, 5) is 0. The Morgan fingerprint density at radius 1 is 1.19 bits per heavy atom. The Bertz CT molecular complexity index is 315. The van der Waals surface area contributed by atoms with Crippen LogP contribution in [0.3, 0.4) is 0 Å². The monoisotopic (exact) mass is 223 g/mol. The molecule has 1 aromatic heterocycles. The lowest BCUT2D eigenvalue weighted by Gasteiger charge is -2.06. The quantitative estimate of drug-likeness (QED) is 0.768. The van der Waals surface area contributed by atoms with Gasteiger partial charge in [-0.25, -0.2) is 0 Å². The van der Waals surface area contributed by atoms with Gasteiger partial charge in [0, 0.05) is 12.2 Å². The van der Waals surface area contributed by atoms with E-state index in [0.29, 0.717) is 0 Å². The normalized spacial score (nSPS) is 11.0. The molecule has 0 aliphatic heterocycles. The highest BCUT2D eigenvalue weighted by molar-refractivity contribution is 5.27. The molecule has 3 nitrogen and oxygen atoms in total. The summed E-state index contributed by atoms with van der Waals surface area (Å²) in [7, 11) is 2.01. The molecule has 3 heteroatoms. The van der Waals surface area contributed by atoms with Gasteiger partial charge in [-0.3, -0.25) is 4.68 Å². The van der Waals surface area contributed by atoms with E-state index in [-0.39, 0.29) is 0 Å². The molecule has 0 fully saturated rings. The van der Waals surface area contributed by atoms with E-state index in [1.54, 1.807) is 0 Å². The van der Waals surface area contributed by atoms with Crippen molar-refractivity contribution in [3.05, 3.63) is 17.0 Å². The lowest BCUT2D eigenvalue weighted by molar-refractivity contribution is 0.570. The fourth-order valence-electron chi connectivity index (χ4n) is 2.20. The number of nitrogens with zero attached hydrogens (tertiary/aromatic N) is 2. The molecular formula is C13H25N3. The van der Waals surface area contributed by atoms with E-state index in [1.165, 1.54) is 17.0 Å². The van der Waals surface area contributed by atoms with Crippen LogP contribution in [0.1, 0.15) is 44.1 Å². The predicted molar refractivity (Wildman–Crippen MR) is 68.9 cm³/mol. The molecule has 1 rings (SSSR count). The van der Waals surface area contributed by atoms with Crippen molar-refractivity contribution in [2.45, 2.75) is 53.0 Å². The van der Waals surface area contributed by atoms with Crippen LogP contribution in [0.4, 0.5) is 0 Å². The molecule has 0 saturated heterocycles. The topological polar surface area (TPSA) is 29.9 Å². The molecule has 0 amide bonds. The third-order valence-electron chi connectivity index (χ3n) is 2.98. The van der Waals surface area contributed by atoms with Gasteiger partial charge in [0.05, 0.1) is 5.69 Å². The Labute approximate surface area is 99.2 Å². The van der Waals surface area contributed by atoms with E-state index in [9.17, 15) is 0 Å². The maximum absolute atomic E-state index is 4.73. The van der Waals surface area contributed by atoms with Crippen molar-refractivity contribution in [1.82, 2.24) is 15.1 Å². The largest absolute Gasteiger partial charge is 0.319 e. The first-order valence-corrected chi connectivity index (χ1v) is 6.50. The van der Waals surface area contributed by atoms with E-state index < -0.39 is 0 Å². The molecule has 0 radical (unpaired) electrons. The standard InChI is InChI=1S/C13H25N3/c1-5-10-16-13(7-3)11(8-9-14-4)12(6-2)15-16/h14H,5-10H2,1-4H3. The molecule has 0 aromatic carbocycles. The Morgan fingerprint density at radius 2 is 1.94 bits per heavy atom. The number of hydrogen-bond acceptors (Lipinski definition) is 2. The molecule has 92 valence electrons. The van der Waals surface area contributed by atoms with Crippen LogP contribution in [0.15, 0.2) is 0 Å². The maximum Gasteiger partial charge on any atom is 0.0657 e. The predicted octanol–water partition coefficient (Wildman–Crippen LogP) is 2.18. The highest BCUT2D eigenvalue weighted by atomic mass is 15.3. The third-order valence-corrected chi connectivity index (χ3v) is 2.98. The minimum absolute atomic E-state index is 1.04. The first-order valence-electron chi connectivity index (χ1n) is 6.50. The average molecular weight is 223 g/mol. The van der Waals surface area contributed by atoms with Gasteiger partial charge < -0.3 is 5.32 Å². The van der Waals surface area contributed by atoms with Crippen LogP contribution in [0.2, 0.25) is 0 Å². The van der Waals surface area contributed by atoms with Crippen LogP contribution < -0.4 is 5.32 Å². The van der Waals surface area contributed by atoms with Gasteiger partial charge in [-0.05, 0) is 44.8 Å². The van der Waals surface area contributed by atoms with Crippen molar-refractivity contribution in [2.75, 3.05) is 13.6 Å². The fourth-order valence-corrected chi connectivity index (χ4v) is 2.20. The third kappa shape index (κ3) is 2.85.